The second-order valence-electron chi connectivity index (χ2n) is 5.06. The minimum Gasteiger partial charge on any atom is -0.347 e. The van der Waals surface area contributed by atoms with Gasteiger partial charge < -0.3 is 4.90 Å². The Morgan fingerprint density at radius 2 is 1.89 bits per heavy atom. The van der Waals surface area contributed by atoms with E-state index in [1.165, 1.54) is 0 Å². The SMILES string of the molecule is CCCc1nn(C(C)C(=O)N(C)C)c(CCC)c1Br. The van der Waals surface area contributed by atoms with Crippen LogP contribution in [-0.4, -0.2) is 34.7 Å². The summed E-state index contributed by atoms with van der Waals surface area (Å²) in [7, 11) is 3.56. The number of hydrogen-bond donors (Lipinski definition) is 0. The van der Waals surface area contributed by atoms with Crippen LogP contribution >= 0.6 is 15.9 Å². The second kappa shape index (κ2) is 7.08. The highest BCUT2D eigenvalue weighted by molar-refractivity contribution is 9.10. The molecule has 1 atom stereocenters. The molecule has 19 heavy (non-hydrogen) atoms. The molecule has 1 rings (SSSR count). The Kier molecular flexibility index (Phi) is 6.04. The largest absolute Gasteiger partial charge is 0.347 e. The minimum atomic E-state index is -0.251. The lowest BCUT2D eigenvalue weighted by atomic mass is 10.2. The molecule has 0 saturated heterocycles. The van der Waals surface area contributed by atoms with Crippen LogP contribution in [-0.2, 0) is 17.6 Å². The first-order chi connectivity index (χ1) is 8.93. The van der Waals surface area contributed by atoms with Crippen LogP contribution in [0.3, 0.4) is 0 Å². The van der Waals surface area contributed by atoms with E-state index in [4.69, 9.17) is 0 Å². The fourth-order valence-corrected chi connectivity index (χ4v) is 2.82. The minimum absolute atomic E-state index is 0.0791. The first-order valence-corrected chi connectivity index (χ1v) is 7.70. The molecule has 1 unspecified atom stereocenters. The van der Waals surface area contributed by atoms with Gasteiger partial charge in [0.2, 0.25) is 5.91 Å². The van der Waals surface area contributed by atoms with Gasteiger partial charge in [-0.1, -0.05) is 26.7 Å². The van der Waals surface area contributed by atoms with Gasteiger partial charge in [-0.2, -0.15) is 5.10 Å². The van der Waals surface area contributed by atoms with Crippen LogP contribution in [0.25, 0.3) is 0 Å². The average Bonchev–Trinajstić information content (AvgIpc) is 2.67. The molecule has 1 amide bonds. The molecule has 0 fully saturated rings. The van der Waals surface area contributed by atoms with Crippen LogP contribution in [0.1, 0.15) is 51.0 Å². The highest BCUT2D eigenvalue weighted by atomic mass is 79.9. The lowest BCUT2D eigenvalue weighted by molar-refractivity contribution is -0.132. The van der Waals surface area contributed by atoms with Gasteiger partial charge in [-0.15, -0.1) is 0 Å². The quantitative estimate of drug-likeness (QED) is 0.803. The molecule has 108 valence electrons. The number of nitrogens with zero attached hydrogens (tertiary/aromatic N) is 3. The van der Waals surface area contributed by atoms with Crippen molar-refractivity contribution in [2.45, 2.75) is 52.5 Å². The first kappa shape index (κ1) is 16.2. The van der Waals surface area contributed by atoms with Crippen molar-refractivity contribution >= 4 is 21.8 Å². The number of likely N-dealkylation sites (N-methyl/N-ethyl adjacent to an activating group) is 1. The monoisotopic (exact) mass is 329 g/mol. The molecule has 0 aromatic carbocycles. The summed E-state index contributed by atoms with van der Waals surface area (Å²) in [5.74, 6) is 0.0791. The molecule has 0 N–H and O–H groups in total. The number of hydrogen-bond acceptors (Lipinski definition) is 2. The van der Waals surface area contributed by atoms with E-state index in [0.717, 1.165) is 41.5 Å². The maximum absolute atomic E-state index is 12.1. The number of rotatable bonds is 6. The molecule has 0 radical (unpaired) electrons. The Hall–Kier alpha value is -0.840. The molecule has 0 aliphatic carbocycles. The first-order valence-electron chi connectivity index (χ1n) is 6.90. The van der Waals surface area contributed by atoms with Crippen LogP contribution in [0, 0.1) is 0 Å². The van der Waals surface area contributed by atoms with Crippen LogP contribution in [0.2, 0.25) is 0 Å². The third kappa shape index (κ3) is 3.59. The van der Waals surface area contributed by atoms with E-state index in [9.17, 15) is 4.79 Å². The van der Waals surface area contributed by atoms with E-state index in [1.54, 1.807) is 19.0 Å². The Labute approximate surface area is 124 Å². The van der Waals surface area contributed by atoms with Crippen LogP contribution in [0.5, 0.6) is 0 Å². The molecule has 0 saturated carbocycles. The van der Waals surface area contributed by atoms with Crippen molar-refractivity contribution in [2.75, 3.05) is 14.1 Å². The van der Waals surface area contributed by atoms with E-state index < -0.39 is 0 Å². The number of carbonyl (C=O) groups is 1. The Morgan fingerprint density at radius 1 is 1.32 bits per heavy atom. The zero-order valence-electron chi connectivity index (χ0n) is 12.5. The van der Waals surface area contributed by atoms with Gasteiger partial charge >= 0.3 is 0 Å². The standard InChI is InChI=1S/C14H24BrN3O/c1-6-8-11-13(15)12(9-7-2)18(16-11)10(3)14(19)17(4)5/h10H,6-9H2,1-5H3. The van der Waals surface area contributed by atoms with Gasteiger partial charge in [0, 0.05) is 14.1 Å². The topological polar surface area (TPSA) is 38.1 Å². The number of aromatic nitrogens is 2. The summed E-state index contributed by atoms with van der Waals surface area (Å²) >= 11 is 3.65. The zero-order chi connectivity index (χ0) is 14.6. The summed E-state index contributed by atoms with van der Waals surface area (Å²) in [4.78, 5) is 13.7. The molecule has 4 nitrogen and oxygen atoms in total. The van der Waals surface area contributed by atoms with Crippen molar-refractivity contribution in [1.82, 2.24) is 14.7 Å². The van der Waals surface area contributed by atoms with Crippen LogP contribution < -0.4 is 0 Å². The second-order valence-corrected chi connectivity index (χ2v) is 5.85. The summed E-state index contributed by atoms with van der Waals surface area (Å²) in [5, 5.41) is 4.64. The Bertz CT molecular complexity index is 440. The third-order valence-electron chi connectivity index (χ3n) is 3.15. The molecule has 0 bridgehead atoms. The molecule has 5 heteroatoms. The predicted molar refractivity (Wildman–Crippen MR) is 81.3 cm³/mol. The maximum atomic E-state index is 12.1. The Morgan fingerprint density at radius 3 is 2.37 bits per heavy atom. The highest BCUT2D eigenvalue weighted by Crippen LogP contribution is 2.27. The van der Waals surface area contributed by atoms with Gasteiger partial charge in [-0.25, -0.2) is 0 Å². The fourth-order valence-electron chi connectivity index (χ4n) is 2.16. The third-order valence-corrected chi connectivity index (χ3v) is 4.07. The van der Waals surface area contributed by atoms with E-state index in [-0.39, 0.29) is 11.9 Å². The molecule has 1 aromatic rings. The lowest BCUT2D eigenvalue weighted by Gasteiger charge is -2.19. The van der Waals surface area contributed by atoms with Crippen molar-refractivity contribution in [2.24, 2.45) is 0 Å². The molecular formula is C14H24BrN3O. The summed E-state index contributed by atoms with van der Waals surface area (Å²) in [6.07, 6.45) is 3.96. The summed E-state index contributed by atoms with van der Waals surface area (Å²) in [6.45, 7) is 6.19. The van der Waals surface area contributed by atoms with Gasteiger partial charge in [-0.3, -0.25) is 9.48 Å². The number of amides is 1. The number of halogens is 1. The molecule has 1 aromatic heterocycles. The number of aryl methyl sites for hydroxylation is 1. The highest BCUT2D eigenvalue weighted by Gasteiger charge is 2.23. The van der Waals surface area contributed by atoms with Gasteiger partial charge in [0.15, 0.2) is 0 Å². The van der Waals surface area contributed by atoms with Crippen molar-refractivity contribution in [3.8, 4) is 0 Å². The summed E-state index contributed by atoms with van der Waals surface area (Å²) < 4.78 is 2.97. The normalized spacial score (nSPS) is 12.5. The van der Waals surface area contributed by atoms with Crippen molar-refractivity contribution in [3.63, 3.8) is 0 Å². The van der Waals surface area contributed by atoms with Crippen molar-refractivity contribution < 1.29 is 4.79 Å². The molecule has 0 aliphatic heterocycles. The summed E-state index contributed by atoms with van der Waals surface area (Å²) in [5.41, 5.74) is 2.19. The summed E-state index contributed by atoms with van der Waals surface area (Å²) in [6, 6.07) is -0.251. The van der Waals surface area contributed by atoms with Crippen molar-refractivity contribution in [3.05, 3.63) is 15.9 Å². The van der Waals surface area contributed by atoms with Crippen LogP contribution in [0.4, 0.5) is 0 Å². The van der Waals surface area contributed by atoms with Crippen molar-refractivity contribution in [1.29, 1.82) is 0 Å². The van der Waals surface area contributed by atoms with Gasteiger partial charge in [0.1, 0.15) is 6.04 Å². The fraction of sp³-hybridized carbons (Fsp3) is 0.714. The number of carbonyl (C=O) groups excluding carboxylic acids is 1. The molecule has 1 heterocycles. The average molecular weight is 330 g/mol. The van der Waals surface area contributed by atoms with E-state index in [2.05, 4.69) is 34.9 Å². The molecule has 0 spiro atoms. The van der Waals surface area contributed by atoms with E-state index >= 15 is 0 Å². The zero-order valence-corrected chi connectivity index (χ0v) is 14.1. The molecular weight excluding hydrogens is 306 g/mol. The van der Waals surface area contributed by atoms with Gasteiger partial charge in [-0.05, 0) is 35.7 Å². The van der Waals surface area contributed by atoms with Crippen LogP contribution in [0.15, 0.2) is 4.47 Å². The predicted octanol–water partition coefficient (Wildman–Crippen LogP) is 3.20. The van der Waals surface area contributed by atoms with Gasteiger partial charge in [0.25, 0.3) is 0 Å². The van der Waals surface area contributed by atoms with Gasteiger partial charge in [0.05, 0.1) is 15.9 Å². The lowest BCUT2D eigenvalue weighted by Crippen LogP contribution is -2.31. The Balaban J connectivity index is 3.17. The molecule has 0 aliphatic rings. The maximum Gasteiger partial charge on any atom is 0.246 e. The van der Waals surface area contributed by atoms with E-state index in [1.807, 2.05) is 11.6 Å². The van der Waals surface area contributed by atoms with E-state index in [0.29, 0.717) is 0 Å². The smallest absolute Gasteiger partial charge is 0.246 e.